The van der Waals surface area contributed by atoms with Gasteiger partial charge in [0, 0.05) is 0 Å². The molecule has 18 heavy (non-hydrogen) atoms. The third-order valence-electron chi connectivity index (χ3n) is 3.32. The maximum atomic E-state index is 9.04. The highest BCUT2D eigenvalue weighted by Crippen LogP contribution is 2.47. The molecule has 0 spiro atoms. The summed E-state index contributed by atoms with van der Waals surface area (Å²) in [5.74, 6) is 0.681. The quantitative estimate of drug-likeness (QED) is 0.797. The van der Waals surface area contributed by atoms with Crippen LogP contribution >= 0.6 is 0 Å². The predicted molar refractivity (Wildman–Crippen MR) is 72.8 cm³/mol. The van der Waals surface area contributed by atoms with Crippen LogP contribution in [-0.4, -0.2) is 10.2 Å². The van der Waals surface area contributed by atoms with E-state index in [4.69, 9.17) is 10.2 Å². The molecular formula is C16H18O2. The molecule has 1 fully saturated rings. The molecule has 94 valence electrons. The molecule has 2 nitrogen and oxygen atoms in total. The van der Waals surface area contributed by atoms with Gasteiger partial charge < -0.3 is 10.2 Å². The zero-order valence-electron chi connectivity index (χ0n) is 10.5. The number of aromatic hydroxyl groups is 2. The predicted octanol–water partition coefficient (Wildman–Crippen LogP) is 3.84. The second-order valence-electron chi connectivity index (χ2n) is 4.94. The van der Waals surface area contributed by atoms with Crippen molar-refractivity contribution < 1.29 is 10.2 Å². The molecule has 0 amide bonds. The lowest BCUT2D eigenvalue weighted by Gasteiger charge is -2.07. The van der Waals surface area contributed by atoms with Crippen molar-refractivity contribution in [2.75, 3.05) is 0 Å². The van der Waals surface area contributed by atoms with E-state index in [1.165, 1.54) is 18.4 Å². The van der Waals surface area contributed by atoms with E-state index in [9.17, 15) is 0 Å². The minimum atomic E-state index is 0.322. The summed E-state index contributed by atoms with van der Waals surface area (Å²) in [4.78, 5) is 0. The van der Waals surface area contributed by atoms with Gasteiger partial charge in [-0.15, -0.1) is 0 Å². The Hall–Kier alpha value is -1.96. The molecule has 2 aromatic carbocycles. The lowest BCUT2D eigenvalue weighted by molar-refractivity contribution is 0.474. The Morgan fingerprint density at radius 1 is 0.778 bits per heavy atom. The molecule has 2 aromatic rings. The fourth-order valence-corrected chi connectivity index (χ4v) is 1.77. The average Bonchev–Trinajstić information content (AvgIpc) is 3.11. The van der Waals surface area contributed by atoms with Crippen molar-refractivity contribution in [3.63, 3.8) is 0 Å². The number of para-hydroxylation sites is 1. The summed E-state index contributed by atoms with van der Waals surface area (Å²) in [6.45, 7) is 2.26. The average molecular weight is 242 g/mol. The molecule has 2 N–H and O–H groups in total. The molecule has 0 aromatic heterocycles. The van der Waals surface area contributed by atoms with E-state index in [2.05, 4.69) is 6.92 Å². The standard InChI is InChI=1S/C10H12O.C6H6O/c1-10(6-7-10)8-2-4-9(11)5-3-8;7-6-4-2-1-3-5-6/h2-5,11H,6-7H2,1H3;1-5,7H. The summed E-state index contributed by atoms with van der Waals surface area (Å²) >= 11 is 0. The van der Waals surface area contributed by atoms with Crippen molar-refractivity contribution in [3.8, 4) is 11.5 Å². The highest BCUT2D eigenvalue weighted by molar-refractivity contribution is 5.34. The molecule has 3 rings (SSSR count). The zero-order chi connectivity index (χ0) is 13.0. The van der Waals surface area contributed by atoms with Crippen LogP contribution in [-0.2, 0) is 5.41 Å². The number of rotatable bonds is 1. The SMILES string of the molecule is CC1(c2ccc(O)cc2)CC1.Oc1ccccc1. The number of phenols is 2. The second kappa shape index (κ2) is 5.13. The van der Waals surface area contributed by atoms with Crippen LogP contribution in [0.3, 0.4) is 0 Å². The molecule has 1 saturated carbocycles. The summed E-state index contributed by atoms with van der Waals surface area (Å²) < 4.78 is 0. The van der Waals surface area contributed by atoms with E-state index < -0.39 is 0 Å². The molecule has 2 heteroatoms. The van der Waals surface area contributed by atoms with E-state index >= 15 is 0 Å². The summed E-state index contributed by atoms with van der Waals surface area (Å²) in [6, 6.07) is 16.3. The number of benzene rings is 2. The summed E-state index contributed by atoms with van der Waals surface area (Å²) in [5.41, 5.74) is 1.78. The van der Waals surface area contributed by atoms with Gasteiger partial charge in [-0.3, -0.25) is 0 Å². The molecule has 0 saturated heterocycles. The van der Waals surface area contributed by atoms with E-state index in [1.807, 2.05) is 18.2 Å². The maximum Gasteiger partial charge on any atom is 0.115 e. The van der Waals surface area contributed by atoms with Gasteiger partial charge in [-0.1, -0.05) is 37.3 Å². The maximum absolute atomic E-state index is 9.04. The van der Waals surface area contributed by atoms with Crippen LogP contribution in [0.2, 0.25) is 0 Å². The highest BCUT2D eigenvalue weighted by atomic mass is 16.3. The third-order valence-corrected chi connectivity index (χ3v) is 3.32. The fraction of sp³-hybridized carbons (Fsp3) is 0.250. The van der Waals surface area contributed by atoms with Crippen molar-refractivity contribution in [1.82, 2.24) is 0 Å². The molecule has 1 aliphatic rings. The number of hydrogen-bond donors (Lipinski definition) is 2. The van der Waals surface area contributed by atoms with Gasteiger partial charge in [0.25, 0.3) is 0 Å². The van der Waals surface area contributed by atoms with Gasteiger partial charge >= 0.3 is 0 Å². The first-order valence-electron chi connectivity index (χ1n) is 6.14. The second-order valence-corrected chi connectivity index (χ2v) is 4.94. The Balaban J connectivity index is 0.000000149. The summed E-state index contributed by atoms with van der Waals surface area (Å²) in [7, 11) is 0. The largest absolute Gasteiger partial charge is 0.508 e. The highest BCUT2D eigenvalue weighted by Gasteiger charge is 2.38. The molecule has 0 aliphatic heterocycles. The molecule has 1 aliphatic carbocycles. The van der Waals surface area contributed by atoms with Gasteiger partial charge in [-0.05, 0) is 48.1 Å². The van der Waals surface area contributed by atoms with E-state index in [-0.39, 0.29) is 0 Å². The van der Waals surface area contributed by atoms with Crippen LogP contribution in [0.5, 0.6) is 11.5 Å². The Morgan fingerprint density at radius 2 is 1.28 bits per heavy atom. The Morgan fingerprint density at radius 3 is 1.67 bits per heavy atom. The molecule has 0 unspecified atom stereocenters. The number of phenolic OH excluding ortho intramolecular Hbond substituents is 2. The molecule has 0 bridgehead atoms. The van der Waals surface area contributed by atoms with Crippen molar-refractivity contribution in [3.05, 3.63) is 60.2 Å². The lowest BCUT2D eigenvalue weighted by atomic mass is 9.99. The first-order valence-corrected chi connectivity index (χ1v) is 6.14. The Bertz CT molecular complexity index is 484. The van der Waals surface area contributed by atoms with Gasteiger partial charge in [0.2, 0.25) is 0 Å². The van der Waals surface area contributed by atoms with Crippen LogP contribution in [0.1, 0.15) is 25.3 Å². The van der Waals surface area contributed by atoms with E-state index in [1.54, 1.807) is 36.4 Å². The minimum Gasteiger partial charge on any atom is -0.508 e. The zero-order valence-corrected chi connectivity index (χ0v) is 10.5. The van der Waals surface area contributed by atoms with Gasteiger partial charge in [-0.25, -0.2) is 0 Å². The van der Waals surface area contributed by atoms with Gasteiger partial charge in [0.15, 0.2) is 0 Å². The third kappa shape index (κ3) is 3.27. The van der Waals surface area contributed by atoms with Crippen LogP contribution in [0, 0.1) is 0 Å². The Labute approximate surface area is 108 Å². The monoisotopic (exact) mass is 242 g/mol. The fourth-order valence-electron chi connectivity index (χ4n) is 1.77. The van der Waals surface area contributed by atoms with Crippen LogP contribution < -0.4 is 0 Å². The van der Waals surface area contributed by atoms with Crippen LogP contribution in [0.15, 0.2) is 54.6 Å². The normalized spacial score (nSPS) is 15.4. The van der Waals surface area contributed by atoms with Crippen molar-refractivity contribution in [2.24, 2.45) is 0 Å². The molecule has 0 heterocycles. The summed E-state index contributed by atoms with van der Waals surface area (Å²) in [6.07, 6.45) is 2.58. The van der Waals surface area contributed by atoms with Gasteiger partial charge in [0.1, 0.15) is 11.5 Å². The molecular weight excluding hydrogens is 224 g/mol. The topological polar surface area (TPSA) is 40.5 Å². The number of hydrogen-bond acceptors (Lipinski definition) is 2. The minimum absolute atomic E-state index is 0.322. The van der Waals surface area contributed by atoms with Gasteiger partial charge in [0.05, 0.1) is 0 Å². The lowest BCUT2D eigenvalue weighted by Crippen LogP contribution is -1.97. The van der Waals surface area contributed by atoms with E-state index in [0.29, 0.717) is 16.9 Å². The molecule has 0 radical (unpaired) electrons. The van der Waals surface area contributed by atoms with Crippen LogP contribution in [0.25, 0.3) is 0 Å². The van der Waals surface area contributed by atoms with Crippen molar-refractivity contribution in [2.45, 2.75) is 25.2 Å². The van der Waals surface area contributed by atoms with Crippen molar-refractivity contribution >= 4 is 0 Å². The van der Waals surface area contributed by atoms with Crippen molar-refractivity contribution in [1.29, 1.82) is 0 Å². The summed E-state index contributed by atoms with van der Waals surface area (Å²) in [5, 5.41) is 17.7. The molecule has 0 atom stereocenters. The smallest absolute Gasteiger partial charge is 0.115 e. The van der Waals surface area contributed by atoms with Crippen LogP contribution in [0.4, 0.5) is 0 Å². The van der Waals surface area contributed by atoms with Gasteiger partial charge in [-0.2, -0.15) is 0 Å². The Kier molecular flexibility index (Phi) is 3.56. The first-order chi connectivity index (χ1) is 8.60. The van der Waals surface area contributed by atoms with E-state index in [0.717, 1.165) is 0 Å². The first kappa shape index (κ1) is 12.5.